The van der Waals surface area contributed by atoms with E-state index in [0.29, 0.717) is 12.0 Å². The first-order chi connectivity index (χ1) is 9.88. The van der Waals surface area contributed by atoms with Gasteiger partial charge < -0.3 is 5.32 Å². The Balaban J connectivity index is 2.51. The van der Waals surface area contributed by atoms with Gasteiger partial charge in [-0.2, -0.15) is 0 Å². The summed E-state index contributed by atoms with van der Waals surface area (Å²) in [5, 5.41) is 3.45. The van der Waals surface area contributed by atoms with Crippen molar-refractivity contribution in [2.45, 2.75) is 60.2 Å². The second kappa shape index (κ2) is 9.16. The summed E-state index contributed by atoms with van der Waals surface area (Å²) < 4.78 is 0. The summed E-state index contributed by atoms with van der Waals surface area (Å²) in [5.41, 5.74) is 2.30. The minimum Gasteiger partial charge on any atom is -0.311 e. The van der Waals surface area contributed by atoms with Crippen LogP contribution in [0.15, 0.2) is 18.2 Å². The molecule has 0 fully saturated rings. The average molecular weight is 291 g/mol. The summed E-state index contributed by atoms with van der Waals surface area (Å²) in [6, 6.07) is 6.95. The van der Waals surface area contributed by atoms with Crippen LogP contribution in [0.2, 0.25) is 0 Å². The maximum absolute atomic E-state index is 4.77. The Labute approximate surface area is 131 Å². The van der Waals surface area contributed by atoms with Gasteiger partial charge in [0.1, 0.15) is 0 Å². The topological polar surface area (TPSA) is 28.2 Å². The van der Waals surface area contributed by atoms with Gasteiger partial charge in [-0.05, 0) is 50.9 Å². The van der Waals surface area contributed by atoms with Gasteiger partial charge in [-0.3, -0.25) is 9.88 Å². The molecule has 1 N–H and O–H groups in total. The third-order valence-electron chi connectivity index (χ3n) is 3.70. The number of nitrogens with zero attached hydrogens (tertiary/aromatic N) is 2. The fraction of sp³-hybridized carbons (Fsp3) is 0.722. The second-order valence-corrected chi connectivity index (χ2v) is 7.04. The standard InChI is InChI=1S/C18H33N3/c1-14(2)10-16(5)21(6)13-18-9-7-8-17(20-18)12-19-11-15(3)4/h7-9,14-16,19H,10-13H2,1-6H3. The summed E-state index contributed by atoms with van der Waals surface area (Å²) in [7, 11) is 2.19. The molecule has 0 aliphatic rings. The van der Waals surface area contributed by atoms with E-state index in [4.69, 9.17) is 4.98 Å². The van der Waals surface area contributed by atoms with Gasteiger partial charge in [0.15, 0.2) is 0 Å². The summed E-state index contributed by atoms with van der Waals surface area (Å²) >= 11 is 0. The zero-order valence-electron chi connectivity index (χ0n) is 14.7. The van der Waals surface area contributed by atoms with Gasteiger partial charge in [-0.25, -0.2) is 0 Å². The Morgan fingerprint density at radius 1 is 1.05 bits per heavy atom. The van der Waals surface area contributed by atoms with Gasteiger partial charge in [-0.1, -0.05) is 33.8 Å². The van der Waals surface area contributed by atoms with E-state index in [1.54, 1.807) is 0 Å². The first kappa shape index (κ1) is 18.1. The Morgan fingerprint density at radius 2 is 1.71 bits per heavy atom. The summed E-state index contributed by atoms with van der Waals surface area (Å²) in [6.07, 6.45) is 1.23. The van der Waals surface area contributed by atoms with Crippen molar-refractivity contribution in [3.05, 3.63) is 29.6 Å². The van der Waals surface area contributed by atoms with Crippen LogP contribution in [-0.4, -0.2) is 29.5 Å². The normalized spacial score (nSPS) is 13.4. The molecule has 0 aromatic carbocycles. The molecular weight excluding hydrogens is 258 g/mol. The molecule has 1 rings (SSSR count). The van der Waals surface area contributed by atoms with Crippen LogP contribution in [0, 0.1) is 11.8 Å². The average Bonchev–Trinajstić information content (AvgIpc) is 2.37. The van der Waals surface area contributed by atoms with Crippen molar-refractivity contribution >= 4 is 0 Å². The van der Waals surface area contributed by atoms with Crippen molar-refractivity contribution in [2.75, 3.05) is 13.6 Å². The highest BCUT2D eigenvalue weighted by molar-refractivity contribution is 5.11. The van der Waals surface area contributed by atoms with Crippen molar-refractivity contribution in [3.8, 4) is 0 Å². The molecule has 1 aromatic rings. The van der Waals surface area contributed by atoms with E-state index in [2.05, 4.69) is 70.1 Å². The maximum Gasteiger partial charge on any atom is 0.0547 e. The molecule has 0 radical (unpaired) electrons. The molecule has 0 amide bonds. The number of hydrogen-bond acceptors (Lipinski definition) is 3. The first-order valence-corrected chi connectivity index (χ1v) is 8.24. The minimum absolute atomic E-state index is 0.592. The highest BCUT2D eigenvalue weighted by atomic mass is 15.1. The van der Waals surface area contributed by atoms with Crippen molar-refractivity contribution in [3.63, 3.8) is 0 Å². The van der Waals surface area contributed by atoms with Crippen molar-refractivity contribution in [2.24, 2.45) is 11.8 Å². The molecule has 1 heterocycles. The molecule has 0 saturated heterocycles. The van der Waals surface area contributed by atoms with Crippen molar-refractivity contribution in [1.29, 1.82) is 0 Å². The quantitative estimate of drug-likeness (QED) is 0.752. The van der Waals surface area contributed by atoms with Crippen LogP contribution in [0.1, 0.15) is 52.4 Å². The Hall–Kier alpha value is -0.930. The Kier molecular flexibility index (Phi) is 7.91. The van der Waals surface area contributed by atoms with E-state index in [0.717, 1.165) is 36.9 Å². The van der Waals surface area contributed by atoms with Crippen LogP contribution in [0.25, 0.3) is 0 Å². The monoisotopic (exact) mass is 291 g/mol. The smallest absolute Gasteiger partial charge is 0.0547 e. The van der Waals surface area contributed by atoms with Gasteiger partial charge in [-0.15, -0.1) is 0 Å². The molecule has 3 nitrogen and oxygen atoms in total. The lowest BCUT2D eigenvalue weighted by Crippen LogP contribution is -2.30. The molecule has 120 valence electrons. The lowest BCUT2D eigenvalue weighted by Gasteiger charge is -2.25. The lowest BCUT2D eigenvalue weighted by molar-refractivity contribution is 0.218. The van der Waals surface area contributed by atoms with Gasteiger partial charge >= 0.3 is 0 Å². The van der Waals surface area contributed by atoms with Crippen LogP contribution in [0.5, 0.6) is 0 Å². The van der Waals surface area contributed by atoms with E-state index in [9.17, 15) is 0 Å². The predicted octanol–water partition coefficient (Wildman–Crippen LogP) is 3.69. The molecule has 0 saturated carbocycles. The molecular formula is C18H33N3. The third kappa shape index (κ3) is 7.58. The van der Waals surface area contributed by atoms with Crippen molar-refractivity contribution in [1.82, 2.24) is 15.2 Å². The van der Waals surface area contributed by atoms with Gasteiger partial charge in [0.05, 0.1) is 11.4 Å². The lowest BCUT2D eigenvalue weighted by atomic mass is 10.0. The minimum atomic E-state index is 0.592. The van der Waals surface area contributed by atoms with E-state index in [1.807, 2.05) is 0 Å². The first-order valence-electron chi connectivity index (χ1n) is 8.24. The molecule has 21 heavy (non-hydrogen) atoms. The number of aromatic nitrogens is 1. The fourth-order valence-corrected chi connectivity index (χ4v) is 2.48. The highest BCUT2D eigenvalue weighted by Gasteiger charge is 2.12. The van der Waals surface area contributed by atoms with E-state index in [-0.39, 0.29) is 0 Å². The van der Waals surface area contributed by atoms with E-state index in [1.165, 1.54) is 6.42 Å². The zero-order chi connectivity index (χ0) is 15.8. The largest absolute Gasteiger partial charge is 0.311 e. The van der Waals surface area contributed by atoms with Crippen LogP contribution in [0.3, 0.4) is 0 Å². The molecule has 0 aliphatic carbocycles. The molecule has 0 aliphatic heterocycles. The number of hydrogen-bond donors (Lipinski definition) is 1. The van der Waals surface area contributed by atoms with E-state index < -0.39 is 0 Å². The molecule has 1 atom stereocenters. The molecule has 3 heteroatoms. The SMILES string of the molecule is CC(C)CNCc1cccc(CN(C)C(C)CC(C)C)n1. The van der Waals surface area contributed by atoms with Crippen molar-refractivity contribution < 1.29 is 0 Å². The van der Waals surface area contributed by atoms with Crippen LogP contribution in [0.4, 0.5) is 0 Å². The molecule has 0 spiro atoms. The molecule has 1 unspecified atom stereocenters. The highest BCUT2D eigenvalue weighted by Crippen LogP contribution is 2.12. The molecule has 1 aromatic heterocycles. The second-order valence-electron chi connectivity index (χ2n) is 7.04. The number of nitrogens with one attached hydrogen (secondary N) is 1. The number of rotatable bonds is 9. The maximum atomic E-state index is 4.77. The van der Waals surface area contributed by atoms with E-state index >= 15 is 0 Å². The number of pyridine rings is 1. The van der Waals surface area contributed by atoms with Crippen LogP contribution < -0.4 is 5.32 Å². The zero-order valence-corrected chi connectivity index (χ0v) is 14.7. The third-order valence-corrected chi connectivity index (χ3v) is 3.70. The van der Waals surface area contributed by atoms with Gasteiger partial charge in [0.25, 0.3) is 0 Å². The predicted molar refractivity (Wildman–Crippen MR) is 91.2 cm³/mol. The molecule has 0 bridgehead atoms. The summed E-state index contributed by atoms with van der Waals surface area (Å²) in [6.45, 7) is 14.1. The van der Waals surface area contributed by atoms with Gasteiger partial charge in [0.2, 0.25) is 0 Å². The Morgan fingerprint density at radius 3 is 2.33 bits per heavy atom. The Bertz CT molecular complexity index is 401. The van der Waals surface area contributed by atoms with Crippen LogP contribution >= 0.6 is 0 Å². The van der Waals surface area contributed by atoms with Crippen LogP contribution in [-0.2, 0) is 13.1 Å². The fourth-order valence-electron chi connectivity index (χ4n) is 2.48. The van der Waals surface area contributed by atoms with Gasteiger partial charge in [0, 0.05) is 19.1 Å². The summed E-state index contributed by atoms with van der Waals surface area (Å²) in [4.78, 5) is 7.16. The summed E-state index contributed by atoms with van der Waals surface area (Å²) in [5.74, 6) is 1.41.